The zero-order chi connectivity index (χ0) is 15.4. The molecule has 22 heavy (non-hydrogen) atoms. The van der Waals surface area contributed by atoms with Crippen LogP contribution in [0.25, 0.3) is 10.6 Å². The van der Waals surface area contributed by atoms with E-state index >= 15 is 0 Å². The number of urea groups is 1. The van der Waals surface area contributed by atoms with Gasteiger partial charge in [0, 0.05) is 26.2 Å². The van der Waals surface area contributed by atoms with Crippen molar-refractivity contribution in [1.82, 2.24) is 20.2 Å². The van der Waals surface area contributed by atoms with E-state index in [0.29, 0.717) is 36.8 Å². The highest BCUT2D eigenvalue weighted by Crippen LogP contribution is 2.26. The highest BCUT2D eigenvalue weighted by Gasteiger charge is 2.18. The molecule has 2 amide bonds. The van der Waals surface area contributed by atoms with Gasteiger partial charge in [-0.3, -0.25) is 0 Å². The van der Waals surface area contributed by atoms with Crippen molar-refractivity contribution in [3.8, 4) is 16.6 Å². The summed E-state index contributed by atoms with van der Waals surface area (Å²) >= 11 is 1.53. The van der Waals surface area contributed by atoms with Crippen LogP contribution in [0.3, 0.4) is 0 Å². The molecular weight excluding hydrogens is 300 g/mol. The average Bonchev–Trinajstić information content (AvgIpc) is 3.19. The van der Waals surface area contributed by atoms with E-state index in [1.165, 1.54) is 17.5 Å². The van der Waals surface area contributed by atoms with Crippen LogP contribution in [0.15, 0.2) is 23.7 Å². The zero-order valence-electron chi connectivity index (χ0n) is 11.7. The fourth-order valence-electron chi connectivity index (χ4n) is 2.18. The number of nitrogens with one attached hydrogen (secondary N) is 2. The van der Waals surface area contributed by atoms with Crippen LogP contribution in [0.1, 0.15) is 5.56 Å². The smallest absolute Gasteiger partial charge is 0.317 e. The van der Waals surface area contributed by atoms with Crippen LogP contribution in [0.5, 0.6) is 0 Å². The minimum Gasteiger partial charge on any atom is -0.352 e. The van der Waals surface area contributed by atoms with Crippen molar-refractivity contribution < 1.29 is 4.79 Å². The second-order valence-electron chi connectivity index (χ2n) is 4.69. The third kappa shape index (κ3) is 2.99. The van der Waals surface area contributed by atoms with E-state index in [2.05, 4.69) is 26.7 Å². The number of rotatable bonds is 5. The molecule has 1 aliphatic rings. The van der Waals surface area contributed by atoms with Gasteiger partial charge in [-0.05, 0) is 11.4 Å². The summed E-state index contributed by atoms with van der Waals surface area (Å²) in [5.41, 5.74) is 1.08. The van der Waals surface area contributed by atoms with E-state index < -0.39 is 0 Å². The number of thiophene rings is 1. The molecule has 0 aromatic carbocycles. The molecule has 8 heteroatoms. The summed E-state index contributed by atoms with van der Waals surface area (Å²) in [7, 11) is 0. The number of hydrogen-bond donors (Lipinski definition) is 2. The van der Waals surface area contributed by atoms with Crippen LogP contribution in [0, 0.1) is 11.3 Å². The minimum atomic E-state index is -0.0400. The van der Waals surface area contributed by atoms with E-state index in [0.717, 1.165) is 11.4 Å². The molecule has 2 N–H and O–H groups in total. The van der Waals surface area contributed by atoms with E-state index in [1.807, 2.05) is 17.5 Å². The summed E-state index contributed by atoms with van der Waals surface area (Å²) in [6.07, 6.45) is 1.52. The molecule has 2 aromatic heterocycles. The first kappa shape index (κ1) is 14.3. The van der Waals surface area contributed by atoms with Crippen molar-refractivity contribution >= 4 is 23.3 Å². The topological polar surface area (TPSA) is 93.9 Å². The Labute approximate surface area is 131 Å². The predicted molar refractivity (Wildman–Crippen MR) is 83.5 cm³/mol. The molecule has 0 bridgehead atoms. The molecule has 0 unspecified atom stereocenters. The maximum Gasteiger partial charge on any atom is 0.317 e. The molecule has 7 nitrogen and oxygen atoms in total. The maximum absolute atomic E-state index is 11.4. The van der Waals surface area contributed by atoms with E-state index in [4.69, 9.17) is 5.26 Å². The third-order valence-corrected chi connectivity index (χ3v) is 4.15. The molecular formula is C14H14N6OS. The number of carbonyl (C=O) groups is 1. The van der Waals surface area contributed by atoms with Crippen molar-refractivity contribution in [2.45, 2.75) is 0 Å². The standard InChI is InChI=1S/C14H14N6OS/c15-8-10-9-18-13(19-12(10)11-2-1-7-22-11)16-3-5-20-6-4-17-14(20)21/h1-2,7,9H,3-6H2,(H,17,21)(H,16,18,19). The molecule has 1 saturated heterocycles. The average molecular weight is 314 g/mol. The maximum atomic E-state index is 11.4. The molecule has 0 aliphatic carbocycles. The number of amides is 2. The van der Waals surface area contributed by atoms with Crippen LogP contribution < -0.4 is 10.6 Å². The summed E-state index contributed by atoms with van der Waals surface area (Å²) in [5, 5.41) is 17.0. The Morgan fingerprint density at radius 1 is 1.55 bits per heavy atom. The second kappa shape index (κ2) is 6.41. The van der Waals surface area contributed by atoms with Crippen molar-refractivity contribution in [2.24, 2.45) is 0 Å². The molecule has 0 atom stereocenters. The number of hydrogen-bond acceptors (Lipinski definition) is 6. The van der Waals surface area contributed by atoms with Gasteiger partial charge in [-0.25, -0.2) is 14.8 Å². The summed E-state index contributed by atoms with van der Waals surface area (Å²) in [6, 6.07) is 5.91. The van der Waals surface area contributed by atoms with Gasteiger partial charge < -0.3 is 15.5 Å². The Bertz CT molecular complexity index is 709. The van der Waals surface area contributed by atoms with Gasteiger partial charge >= 0.3 is 6.03 Å². The van der Waals surface area contributed by atoms with Gasteiger partial charge in [-0.1, -0.05) is 6.07 Å². The van der Waals surface area contributed by atoms with Gasteiger partial charge in [0.2, 0.25) is 5.95 Å². The predicted octanol–water partition coefficient (Wildman–Crippen LogP) is 1.51. The van der Waals surface area contributed by atoms with Gasteiger partial charge in [0.1, 0.15) is 11.8 Å². The van der Waals surface area contributed by atoms with E-state index in [-0.39, 0.29) is 6.03 Å². The molecule has 3 rings (SSSR count). The highest BCUT2D eigenvalue weighted by molar-refractivity contribution is 7.13. The molecule has 112 valence electrons. The normalized spacial score (nSPS) is 13.8. The van der Waals surface area contributed by atoms with Crippen LogP contribution in [-0.2, 0) is 0 Å². The highest BCUT2D eigenvalue weighted by atomic mass is 32.1. The lowest BCUT2D eigenvalue weighted by Gasteiger charge is -2.14. The second-order valence-corrected chi connectivity index (χ2v) is 5.64. The SMILES string of the molecule is N#Cc1cnc(NCCN2CCNC2=O)nc1-c1cccs1. The lowest BCUT2D eigenvalue weighted by atomic mass is 10.2. The molecule has 1 fully saturated rings. The molecule has 3 heterocycles. The van der Waals surface area contributed by atoms with Crippen molar-refractivity contribution in [2.75, 3.05) is 31.5 Å². The third-order valence-electron chi connectivity index (χ3n) is 3.27. The quantitative estimate of drug-likeness (QED) is 0.872. The Balaban J connectivity index is 1.68. The van der Waals surface area contributed by atoms with Gasteiger partial charge in [-0.15, -0.1) is 11.3 Å². The number of nitriles is 1. The summed E-state index contributed by atoms with van der Waals surface area (Å²) in [4.78, 5) is 22.7. The number of nitrogens with zero attached hydrogens (tertiary/aromatic N) is 4. The molecule has 1 aliphatic heterocycles. The number of aromatic nitrogens is 2. The monoisotopic (exact) mass is 314 g/mol. The van der Waals surface area contributed by atoms with E-state index in [1.54, 1.807) is 4.90 Å². The summed E-state index contributed by atoms with van der Waals surface area (Å²) < 4.78 is 0. The number of carbonyl (C=O) groups excluding carboxylic acids is 1. The van der Waals surface area contributed by atoms with E-state index in [9.17, 15) is 4.79 Å². The fourth-order valence-corrected chi connectivity index (χ4v) is 2.91. The first-order valence-corrected chi connectivity index (χ1v) is 7.73. The summed E-state index contributed by atoms with van der Waals surface area (Å²) in [6.45, 7) is 2.55. The van der Waals surface area contributed by atoms with Crippen LogP contribution in [-0.4, -0.2) is 47.1 Å². The lowest BCUT2D eigenvalue weighted by Crippen LogP contribution is -2.32. The Hall–Kier alpha value is -2.66. The van der Waals surface area contributed by atoms with Crippen molar-refractivity contribution in [3.05, 3.63) is 29.3 Å². The van der Waals surface area contributed by atoms with Crippen molar-refractivity contribution in [1.29, 1.82) is 5.26 Å². The van der Waals surface area contributed by atoms with Gasteiger partial charge in [0.25, 0.3) is 0 Å². The van der Waals surface area contributed by atoms with Gasteiger partial charge in [-0.2, -0.15) is 5.26 Å². The Morgan fingerprint density at radius 2 is 2.45 bits per heavy atom. The molecule has 0 radical (unpaired) electrons. The first-order chi connectivity index (χ1) is 10.8. The minimum absolute atomic E-state index is 0.0400. The zero-order valence-corrected chi connectivity index (χ0v) is 12.6. The molecule has 0 saturated carbocycles. The fraction of sp³-hybridized carbons (Fsp3) is 0.286. The Kier molecular flexibility index (Phi) is 4.16. The first-order valence-electron chi connectivity index (χ1n) is 6.85. The van der Waals surface area contributed by atoms with Crippen LogP contribution in [0.2, 0.25) is 0 Å². The Morgan fingerprint density at radius 3 is 3.14 bits per heavy atom. The van der Waals surface area contributed by atoms with Crippen molar-refractivity contribution in [3.63, 3.8) is 0 Å². The number of anilines is 1. The van der Waals surface area contributed by atoms with Gasteiger partial charge in [0.15, 0.2) is 0 Å². The summed E-state index contributed by atoms with van der Waals surface area (Å²) in [5.74, 6) is 0.460. The van der Waals surface area contributed by atoms with Crippen LogP contribution >= 0.6 is 11.3 Å². The lowest BCUT2D eigenvalue weighted by molar-refractivity contribution is 0.219. The van der Waals surface area contributed by atoms with Crippen LogP contribution in [0.4, 0.5) is 10.7 Å². The molecule has 2 aromatic rings. The largest absolute Gasteiger partial charge is 0.352 e. The van der Waals surface area contributed by atoms with Gasteiger partial charge in [0.05, 0.1) is 16.6 Å². The molecule has 0 spiro atoms.